The Balaban J connectivity index is 2.56. The number of nitriles is 1. The molecule has 1 aromatic heterocycles. The van der Waals surface area contributed by atoms with Gasteiger partial charge in [-0.1, -0.05) is 12.1 Å². The van der Waals surface area contributed by atoms with Crippen LogP contribution in [0.2, 0.25) is 0 Å². The van der Waals surface area contributed by atoms with Crippen molar-refractivity contribution < 1.29 is 0 Å². The second-order valence-corrected chi connectivity index (χ2v) is 3.10. The van der Waals surface area contributed by atoms with Crippen molar-refractivity contribution in [2.75, 3.05) is 0 Å². The highest BCUT2D eigenvalue weighted by molar-refractivity contribution is 5.39. The topological polar surface area (TPSA) is 41.6 Å². The lowest BCUT2D eigenvalue weighted by molar-refractivity contribution is 1.03. The average Bonchev–Trinajstić information content (AvgIpc) is 2.65. The number of hydrogen-bond donors (Lipinski definition) is 0. The van der Waals surface area contributed by atoms with Crippen LogP contribution >= 0.6 is 0 Å². The Morgan fingerprint density at radius 3 is 3.00 bits per heavy atom. The Morgan fingerprint density at radius 2 is 2.29 bits per heavy atom. The zero-order valence-electron chi connectivity index (χ0n) is 7.81. The lowest BCUT2D eigenvalue weighted by Gasteiger charge is -2.03. The zero-order chi connectivity index (χ0) is 9.97. The van der Waals surface area contributed by atoms with E-state index in [0.29, 0.717) is 5.69 Å². The van der Waals surface area contributed by atoms with Gasteiger partial charge in [0.25, 0.3) is 0 Å². The van der Waals surface area contributed by atoms with E-state index in [1.165, 1.54) is 5.56 Å². The van der Waals surface area contributed by atoms with Crippen molar-refractivity contribution in [1.29, 1.82) is 5.26 Å². The molecule has 0 bridgehead atoms. The monoisotopic (exact) mass is 183 g/mol. The predicted octanol–water partition coefficient (Wildman–Crippen LogP) is 2.05. The van der Waals surface area contributed by atoms with Gasteiger partial charge < -0.3 is 0 Å². The second-order valence-electron chi connectivity index (χ2n) is 3.10. The van der Waals surface area contributed by atoms with Crippen LogP contribution in [-0.4, -0.2) is 9.55 Å². The predicted molar refractivity (Wildman–Crippen MR) is 53.0 cm³/mol. The maximum atomic E-state index is 8.83. The molecular formula is C11H9N3. The van der Waals surface area contributed by atoms with Crippen molar-refractivity contribution in [3.8, 4) is 11.8 Å². The highest BCUT2D eigenvalue weighted by Crippen LogP contribution is 2.11. The molecule has 0 aliphatic rings. The van der Waals surface area contributed by atoms with E-state index in [0.717, 1.165) is 5.69 Å². The summed E-state index contributed by atoms with van der Waals surface area (Å²) in [6.07, 6.45) is 3.20. The first kappa shape index (κ1) is 8.52. The highest BCUT2D eigenvalue weighted by Gasteiger charge is 2.02. The Bertz CT molecular complexity index is 491. The molecule has 0 amide bonds. The van der Waals surface area contributed by atoms with Crippen LogP contribution in [0.15, 0.2) is 36.8 Å². The van der Waals surface area contributed by atoms with Gasteiger partial charge in [0.1, 0.15) is 18.1 Å². The van der Waals surface area contributed by atoms with E-state index in [1.807, 2.05) is 31.2 Å². The van der Waals surface area contributed by atoms with E-state index in [-0.39, 0.29) is 0 Å². The molecule has 0 saturated carbocycles. The van der Waals surface area contributed by atoms with E-state index in [9.17, 15) is 0 Å². The molecule has 3 nitrogen and oxygen atoms in total. The minimum Gasteiger partial charge on any atom is -0.290 e. The standard InChI is InChI=1S/C11H9N3/c1-9-3-2-4-10(5-9)14-8-13-7-11(14)6-12/h2-5,7-8H,1H3. The summed E-state index contributed by atoms with van der Waals surface area (Å²) >= 11 is 0. The zero-order valence-corrected chi connectivity index (χ0v) is 7.81. The van der Waals surface area contributed by atoms with Gasteiger partial charge in [-0.05, 0) is 24.6 Å². The highest BCUT2D eigenvalue weighted by atomic mass is 15.0. The van der Waals surface area contributed by atoms with E-state index >= 15 is 0 Å². The van der Waals surface area contributed by atoms with Crippen molar-refractivity contribution in [3.63, 3.8) is 0 Å². The Kier molecular flexibility index (Phi) is 2.04. The second kappa shape index (κ2) is 3.35. The van der Waals surface area contributed by atoms with Gasteiger partial charge in [-0.15, -0.1) is 0 Å². The number of hydrogen-bond acceptors (Lipinski definition) is 2. The molecule has 68 valence electrons. The van der Waals surface area contributed by atoms with Crippen LogP contribution in [0.3, 0.4) is 0 Å². The quantitative estimate of drug-likeness (QED) is 0.679. The molecule has 0 N–H and O–H groups in total. The molecule has 0 unspecified atom stereocenters. The van der Waals surface area contributed by atoms with Crippen LogP contribution in [0.1, 0.15) is 11.3 Å². The molecule has 0 spiro atoms. The van der Waals surface area contributed by atoms with Gasteiger partial charge in [-0.25, -0.2) is 4.98 Å². The normalized spacial score (nSPS) is 9.71. The summed E-state index contributed by atoms with van der Waals surface area (Å²) in [5.74, 6) is 0. The maximum absolute atomic E-state index is 8.83. The van der Waals surface area contributed by atoms with Gasteiger partial charge in [0.2, 0.25) is 0 Å². The number of benzene rings is 1. The van der Waals surface area contributed by atoms with Crippen molar-refractivity contribution in [3.05, 3.63) is 48.0 Å². The summed E-state index contributed by atoms with van der Waals surface area (Å²) in [4.78, 5) is 3.94. The molecule has 14 heavy (non-hydrogen) atoms. The molecular weight excluding hydrogens is 174 g/mol. The fraction of sp³-hybridized carbons (Fsp3) is 0.0909. The van der Waals surface area contributed by atoms with Crippen LogP contribution in [0.25, 0.3) is 5.69 Å². The first-order valence-corrected chi connectivity index (χ1v) is 4.31. The van der Waals surface area contributed by atoms with Crippen molar-refractivity contribution in [2.45, 2.75) is 6.92 Å². The lowest BCUT2D eigenvalue weighted by atomic mass is 10.2. The summed E-state index contributed by atoms with van der Waals surface area (Å²) in [7, 11) is 0. The van der Waals surface area contributed by atoms with E-state index < -0.39 is 0 Å². The largest absolute Gasteiger partial charge is 0.290 e. The van der Waals surface area contributed by atoms with Crippen LogP contribution in [-0.2, 0) is 0 Å². The Hall–Kier alpha value is -2.08. The Labute approximate surface area is 82.2 Å². The van der Waals surface area contributed by atoms with Gasteiger partial charge in [0.05, 0.1) is 6.20 Å². The third-order valence-corrected chi connectivity index (χ3v) is 2.03. The van der Waals surface area contributed by atoms with Crippen molar-refractivity contribution in [2.24, 2.45) is 0 Å². The summed E-state index contributed by atoms with van der Waals surface area (Å²) in [6.45, 7) is 2.02. The number of nitrogens with zero attached hydrogens (tertiary/aromatic N) is 3. The number of imidazole rings is 1. The summed E-state index contributed by atoms with van der Waals surface area (Å²) < 4.78 is 1.77. The van der Waals surface area contributed by atoms with Gasteiger partial charge in [0.15, 0.2) is 0 Å². The van der Waals surface area contributed by atoms with E-state index in [1.54, 1.807) is 17.1 Å². The summed E-state index contributed by atoms with van der Waals surface area (Å²) in [6, 6.07) is 10.0. The van der Waals surface area contributed by atoms with Crippen molar-refractivity contribution >= 4 is 0 Å². The third kappa shape index (κ3) is 1.38. The van der Waals surface area contributed by atoms with E-state index in [2.05, 4.69) is 11.1 Å². The fourth-order valence-electron chi connectivity index (χ4n) is 1.36. The molecule has 2 rings (SSSR count). The van der Waals surface area contributed by atoms with Crippen LogP contribution < -0.4 is 0 Å². The molecule has 0 aliphatic heterocycles. The van der Waals surface area contributed by atoms with Crippen LogP contribution in [0.5, 0.6) is 0 Å². The Morgan fingerprint density at radius 1 is 1.43 bits per heavy atom. The molecule has 0 aliphatic carbocycles. The van der Waals surface area contributed by atoms with Gasteiger partial charge in [0, 0.05) is 5.69 Å². The molecule has 2 aromatic rings. The minimum atomic E-state index is 0.551. The number of aromatic nitrogens is 2. The van der Waals surface area contributed by atoms with Gasteiger partial charge >= 0.3 is 0 Å². The fourth-order valence-corrected chi connectivity index (χ4v) is 1.36. The minimum absolute atomic E-state index is 0.551. The third-order valence-electron chi connectivity index (χ3n) is 2.03. The molecule has 0 saturated heterocycles. The summed E-state index contributed by atoms with van der Waals surface area (Å²) in [5.41, 5.74) is 2.69. The summed E-state index contributed by atoms with van der Waals surface area (Å²) in [5, 5.41) is 8.83. The van der Waals surface area contributed by atoms with Gasteiger partial charge in [-0.2, -0.15) is 5.26 Å². The molecule has 0 fully saturated rings. The smallest absolute Gasteiger partial charge is 0.144 e. The van der Waals surface area contributed by atoms with Crippen molar-refractivity contribution in [1.82, 2.24) is 9.55 Å². The van der Waals surface area contributed by atoms with E-state index in [4.69, 9.17) is 5.26 Å². The molecule has 0 radical (unpaired) electrons. The van der Waals surface area contributed by atoms with Crippen LogP contribution in [0.4, 0.5) is 0 Å². The SMILES string of the molecule is Cc1cccc(-n2cncc2C#N)c1. The molecule has 0 atom stereocenters. The number of aryl methyl sites for hydroxylation is 1. The first-order valence-electron chi connectivity index (χ1n) is 4.31. The lowest BCUT2D eigenvalue weighted by Crippen LogP contribution is -1.95. The molecule has 3 heteroatoms. The average molecular weight is 183 g/mol. The number of rotatable bonds is 1. The maximum Gasteiger partial charge on any atom is 0.144 e. The van der Waals surface area contributed by atoms with Gasteiger partial charge in [-0.3, -0.25) is 4.57 Å². The molecule has 1 aromatic carbocycles. The molecule has 1 heterocycles. The van der Waals surface area contributed by atoms with Crippen LogP contribution in [0, 0.1) is 18.3 Å². The first-order chi connectivity index (χ1) is 6.81.